The van der Waals surface area contributed by atoms with Crippen LogP contribution in [0.15, 0.2) is 48.5 Å². The van der Waals surface area contributed by atoms with Gasteiger partial charge in [0.25, 0.3) is 5.91 Å². The summed E-state index contributed by atoms with van der Waals surface area (Å²) in [7, 11) is 0. The normalized spacial score (nSPS) is 22.6. The maximum Gasteiger partial charge on any atom is 0.341 e. The fourth-order valence-electron chi connectivity index (χ4n) is 5.86. The van der Waals surface area contributed by atoms with Crippen molar-refractivity contribution in [2.75, 3.05) is 16.6 Å². The van der Waals surface area contributed by atoms with Gasteiger partial charge in [0.1, 0.15) is 10.9 Å². The highest BCUT2D eigenvalue weighted by Crippen LogP contribution is 2.50. The molecule has 0 radical (unpaired) electrons. The maximum absolute atomic E-state index is 14.2. The molecule has 1 aromatic heterocycles. The molecule has 2 aliphatic heterocycles. The number of hydroxylamine groups is 1. The Morgan fingerprint density at radius 2 is 1.76 bits per heavy atom. The van der Waals surface area contributed by atoms with Gasteiger partial charge in [0.05, 0.1) is 23.9 Å². The Kier molecular flexibility index (Phi) is 6.32. The molecule has 196 valence electrons. The van der Waals surface area contributed by atoms with E-state index >= 15 is 0 Å². The number of hydrogen-bond donors (Lipinski definition) is 0. The second-order valence-electron chi connectivity index (χ2n) is 10.1. The van der Waals surface area contributed by atoms with Gasteiger partial charge in [0.2, 0.25) is 5.91 Å². The largest absolute Gasteiger partial charge is 0.462 e. The first-order valence-electron chi connectivity index (χ1n) is 13.2. The molecule has 0 N–H and O–H groups in total. The molecule has 2 amide bonds. The van der Waals surface area contributed by atoms with E-state index in [1.807, 2.05) is 62.4 Å². The van der Waals surface area contributed by atoms with Gasteiger partial charge in [-0.15, -0.1) is 11.3 Å². The lowest BCUT2D eigenvalue weighted by Gasteiger charge is -2.29. The predicted octanol–water partition coefficient (Wildman–Crippen LogP) is 5.47. The van der Waals surface area contributed by atoms with Crippen molar-refractivity contribution < 1.29 is 24.0 Å². The van der Waals surface area contributed by atoms with Crippen molar-refractivity contribution in [3.05, 3.63) is 81.2 Å². The van der Waals surface area contributed by atoms with Crippen molar-refractivity contribution in [2.45, 2.75) is 58.6 Å². The number of thiophene rings is 1. The number of para-hydroxylation sites is 1. The molecule has 0 saturated carbocycles. The van der Waals surface area contributed by atoms with Gasteiger partial charge < -0.3 is 4.74 Å². The summed E-state index contributed by atoms with van der Waals surface area (Å²) < 4.78 is 5.39. The van der Waals surface area contributed by atoms with Crippen LogP contribution < -0.4 is 9.96 Å². The summed E-state index contributed by atoms with van der Waals surface area (Å²) in [5.74, 6) is -2.00. The molecule has 7 nitrogen and oxygen atoms in total. The van der Waals surface area contributed by atoms with Crippen molar-refractivity contribution >= 4 is 39.8 Å². The summed E-state index contributed by atoms with van der Waals surface area (Å²) in [6.45, 7) is 5.97. The van der Waals surface area contributed by atoms with Crippen molar-refractivity contribution in [1.29, 1.82) is 0 Å². The Hall–Kier alpha value is -3.49. The number of aryl methyl sites for hydroxylation is 3. The highest BCUT2D eigenvalue weighted by molar-refractivity contribution is 7.17. The Labute approximate surface area is 225 Å². The number of rotatable bonds is 5. The van der Waals surface area contributed by atoms with Crippen molar-refractivity contribution in [3.8, 4) is 0 Å². The number of anilines is 2. The predicted molar refractivity (Wildman–Crippen MR) is 145 cm³/mol. The molecule has 3 unspecified atom stereocenters. The van der Waals surface area contributed by atoms with Crippen molar-refractivity contribution in [3.63, 3.8) is 0 Å². The number of ether oxygens (including phenoxy) is 1. The van der Waals surface area contributed by atoms with Crippen LogP contribution in [0.25, 0.3) is 0 Å². The third-order valence-corrected chi connectivity index (χ3v) is 9.00. The second-order valence-corrected chi connectivity index (χ2v) is 11.2. The Morgan fingerprint density at radius 3 is 2.50 bits per heavy atom. The van der Waals surface area contributed by atoms with Crippen LogP contribution in [0.2, 0.25) is 0 Å². The average molecular weight is 531 g/mol. The smallest absolute Gasteiger partial charge is 0.341 e. The summed E-state index contributed by atoms with van der Waals surface area (Å²) >= 11 is 1.37. The van der Waals surface area contributed by atoms with Gasteiger partial charge in [-0.3, -0.25) is 14.4 Å². The molecule has 0 bridgehead atoms. The van der Waals surface area contributed by atoms with E-state index in [1.165, 1.54) is 16.2 Å². The zero-order chi connectivity index (χ0) is 26.6. The molecule has 2 saturated heterocycles. The standard InChI is InChI=1S/C30H30N2O5S/c1-4-36-30(35)23-20-10-6-8-12-22(20)38-29(23)31-27(33)24-25(19-15-13-17(2)14-16-19)32(37-26(24)28(31)34)21-11-7-5-9-18(21)3/h5,7,9,11,13-16,24-26H,4,6,8,10,12H2,1-3H3. The average Bonchev–Trinajstić information content (AvgIpc) is 3.55. The summed E-state index contributed by atoms with van der Waals surface area (Å²) in [5, 5.41) is 2.11. The van der Waals surface area contributed by atoms with Crippen LogP contribution in [0.1, 0.15) is 63.3 Å². The van der Waals surface area contributed by atoms with E-state index in [4.69, 9.17) is 9.57 Å². The molecule has 2 aromatic carbocycles. The topological polar surface area (TPSA) is 76.2 Å². The van der Waals surface area contributed by atoms with E-state index in [-0.39, 0.29) is 12.5 Å². The number of esters is 1. The van der Waals surface area contributed by atoms with E-state index in [0.717, 1.165) is 58.5 Å². The number of amides is 2. The summed E-state index contributed by atoms with van der Waals surface area (Å²) in [4.78, 5) is 49.9. The molecule has 0 spiro atoms. The van der Waals surface area contributed by atoms with Crippen LogP contribution in [0.4, 0.5) is 10.7 Å². The minimum atomic E-state index is -0.984. The fourth-order valence-corrected chi connectivity index (χ4v) is 7.25. The molecule has 3 heterocycles. The number of imide groups is 1. The van der Waals surface area contributed by atoms with Gasteiger partial charge in [-0.2, -0.15) is 0 Å². The lowest BCUT2D eigenvalue weighted by Crippen LogP contribution is -2.38. The van der Waals surface area contributed by atoms with Gasteiger partial charge in [0, 0.05) is 4.88 Å². The molecule has 3 atom stereocenters. The number of nitrogens with zero attached hydrogens (tertiary/aromatic N) is 2. The Bertz CT molecular complexity index is 1430. The third kappa shape index (κ3) is 3.85. The van der Waals surface area contributed by atoms with Crippen molar-refractivity contribution in [1.82, 2.24) is 0 Å². The molecule has 6 rings (SSSR count). The van der Waals surface area contributed by atoms with Gasteiger partial charge >= 0.3 is 5.97 Å². The van der Waals surface area contributed by atoms with Gasteiger partial charge in [-0.25, -0.2) is 14.8 Å². The lowest BCUT2D eigenvalue weighted by molar-refractivity contribution is -0.126. The van der Waals surface area contributed by atoms with E-state index in [0.29, 0.717) is 10.6 Å². The number of benzene rings is 2. The minimum Gasteiger partial charge on any atom is -0.462 e. The summed E-state index contributed by atoms with van der Waals surface area (Å²) in [5.41, 5.74) is 5.09. The van der Waals surface area contributed by atoms with Crippen molar-refractivity contribution in [2.24, 2.45) is 5.92 Å². The zero-order valence-corrected chi connectivity index (χ0v) is 22.5. The Morgan fingerprint density at radius 1 is 1.03 bits per heavy atom. The summed E-state index contributed by atoms with van der Waals surface area (Å²) in [6, 6.07) is 15.3. The quantitative estimate of drug-likeness (QED) is 0.322. The van der Waals surface area contributed by atoms with Gasteiger partial charge in [-0.05, 0) is 69.2 Å². The molecule has 2 fully saturated rings. The fraction of sp³-hybridized carbons (Fsp3) is 0.367. The van der Waals surface area contributed by atoms with Crippen LogP contribution in [0, 0.1) is 19.8 Å². The number of carbonyl (C=O) groups is 3. The van der Waals surface area contributed by atoms with Crippen LogP contribution in [-0.2, 0) is 32.0 Å². The molecular formula is C30H30N2O5S. The lowest BCUT2D eigenvalue weighted by atomic mass is 9.90. The Balaban J connectivity index is 1.45. The first kappa shape index (κ1) is 24.8. The molecule has 38 heavy (non-hydrogen) atoms. The first-order valence-corrected chi connectivity index (χ1v) is 14.0. The van der Waals surface area contributed by atoms with Gasteiger partial charge in [-0.1, -0.05) is 48.0 Å². The van der Waals surface area contributed by atoms with Gasteiger partial charge in [0.15, 0.2) is 6.10 Å². The second kappa shape index (κ2) is 9.67. The van der Waals surface area contributed by atoms with Crippen LogP contribution in [-0.4, -0.2) is 30.5 Å². The molecule has 1 aliphatic carbocycles. The van der Waals surface area contributed by atoms with E-state index in [2.05, 4.69) is 0 Å². The molecule has 3 aromatic rings. The highest BCUT2D eigenvalue weighted by atomic mass is 32.1. The molecule has 3 aliphatic rings. The van der Waals surface area contributed by atoms with Crippen LogP contribution in [0.5, 0.6) is 0 Å². The van der Waals surface area contributed by atoms with Crippen LogP contribution >= 0.6 is 11.3 Å². The minimum absolute atomic E-state index is 0.222. The number of carbonyl (C=O) groups excluding carboxylic acids is 3. The number of hydrogen-bond acceptors (Lipinski definition) is 7. The SMILES string of the molecule is CCOC(=O)c1c(N2C(=O)C3ON(c4ccccc4C)C(c4ccc(C)cc4)C3C2=O)sc2c1CCCC2. The first-order chi connectivity index (χ1) is 18.4. The third-order valence-electron chi connectivity index (χ3n) is 7.72. The van der Waals surface area contributed by atoms with E-state index in [9.17, 15) is 14.4 Å². The molecule has 8 heteroatoms. The highest BCUT2D eigenvalue weighted by Gasteiger charge is 2.61. The summed E-state index contributed by atoms with van der Waals surface area (Å²) in [6.07, 6.45) is 2.58. The van der Waals surface area contributed by atoms with Crippen LogP contribution in [0.3, 0.4) is 0 Å². The number of fused-ring (bicyclic) bond motifs is 2. The molecular weight excluding hydrogens is 500 g/mol. The zero-order valence-electron chi connectivity index (χ0n) is 21.7. The maximum atomic E-state index is 14.2. The van der Waals surface area contributed by atoms with E-state index in [1.54, 1.807) is 12.0 Å². The monoisotopic (exact) mass is 530 g/mol. The van der Waals surface area contributed by atoms with E-state index < -0.39 is 29.9 Å².